The summed E-state index contributed by atoms with van der Waals surface area (Å²) in [6, 6.07) is 0. The van der Waals surface area contributed by atoms with Crippen LogP contribution in [0.15, 0.2) is 4.99 Å². The van der Waals surface area contributed by atoms with Crippen LogP contribution < -0.4 is 5.32 Å². The minimum Gasteiger partial charge on any atom is -0.450 e. The quantitative estimate of drug-likeness (QED) is 0.552. The van der Waals surface area contributed by atoms with Gasteiger partial charge in [0.15, 0.2) is 15.8 Å². The first kappa shape index (κ1) is 18.5. The van der Waals surface area contributed by atoms with Gasteiger partial charge in [-0.25, -0.2) is 13.2 Å². The highest BCUT2D eigenvalue weighted by Gasteiger charge is 2.23. The molecular formula is C13H26N4O4S. The Kier molecular flexibility index (Phi) is 7.43. The van der Waals surface area contributed by atoms with Crippen LogP contribution in [0.2, 0.25) is 0 Å². The van der Waals surface area contributed by atoms with Crippen LogP contribution in [0.3, 0.4) is 0 Å². The molecule has 1 heterocycles. The van der Waals surface area contributed by atoms with E-state index in [1.807, 2.05) is 4.90 Å². The van der Waals surface area contributed by atoms with Crippen LogP contribution in [0.1, 0.15) is 13.8 Å². The molecule has 1 rings (SSSR count). The highest BCUT2D eigenvalue weighted by atomic mass is 32.2. The van der Waals surface area contributed by atoms with Crippen molar-refractivity contribution in [1.82, 2.24) is 15.1 Å². The van der Waals surface area contributed by atoms with E-state index in [-0.39, 0.29) is 17.6 Å². The van der Waals surface area contributed by atoms with Crippen molar-refractivity contribution in [3.63, 3.8) is 0 Å². The van der Waals surface area contributed by atoms with E-state index in [1.165, 1.54) is 0 Å². The third-order valence-corrected chi connectivity index (χ3v) is 5.16. The Morgan fingerprint density at radius 3 is 2.27 bits per heavy atom. The fraction of sp³-hybridized carbons (Fsp3) is 0.846. The maximum atomic E-state index is 11.6. The summed E-state index contributed by atoms with van der Waals surface area (Å²) in [5.74, 6) is 0.895. The van der Waals surface area contributed by atoms with E-state index in [0.29, 0.717) is 45.3 Å². The lowest BCUT2D eigenvalue weighted by Gasteiger charge is -2.35. The zero-order valence-electron chi connectivity index (χ0n) is 13.5. The van der Waals surface area contributed by atoms with Crippen molar-refractivity contribution in [2.75, 3.05) is 57.9 Å². The van der Waals surface area contributed by atoms with E-state index in [0.717, 1.165) is 0 Å². The first-order valence-electron chi connectivity index (χ1n) is 7.51. The van der Waals surface area contributed by atoms with Crippen molar-refractivity contribution in [2.45, 2.75) is 13.8 Å². The molecule has 0 saturated carbocycles. The number of piperazine rings is 1. The van der Waals surface area contributed by atoms with Crippen molar-refractivity contribution in [2.24, 2.45) is 4.99 Å². The molecule has 1 saturated heterocycles. The first-order chi connectivity index (χ1) is 10.4. The molecule has 0 atom stereocenters. The van der Waals surface area contributed by atoms with Crippen LogP contribution in [-0.4, -0.2) is 88.2 Å². The second-order valence-electron chi connectivity index (χ2n) is 4.88. The number of guanidine groups is 1. The number of carbonyl (C=O) groups is 1. The number of hydrogen-bond donors (Lipinski definition) is 1. The Morgan fingerprint density at radius 1 is 1.18 bits per heavy atom. The van der Waals surface area contributed by atoms with Crippen molar-refractivity contribution in [3.8, 4) is 0 Å². The molecule has 0 unspecified atom stereocenters. The van der Waals surface area contributed by atoms with Gasteiger partial charge in [0.25, 0.3) is 0 Å². The molecule has 1 aliphatic rings. The largest absolute Gasteiger partial charge is 0.450 e. The fourth-order valence-electron chi connectivity index (χ4n) is 2.11. The van der Waals surface area contributed by atoms with Gasteiger partial charge in [-0.15, -0.1) is 0 Å². The van der Waals surface area contributed by atoms with E-state index >= 15 is 0 Å². The molecular weight excluding hydrogens is 308 g/mol. The molecule has 0 aromatic heterocycles. The number of rotatable bonds is 5. The average Bonchev–Trinajstić information content (AvgIpc) is 2.52. The summed E-state index contributed by atoms with van der Waals surface area (Å²) in [6.45, 7) is 6.52. The van der Waals surface area contributed by atoms with Gasteiger partial charge in [-0.2, -0.15) is 0 Å². The zero-order chi connectivity index (χ0) is 16.6. The van der Waals surface area contributed by atoms with Gasteiger partial charge in [0, 0.05) is 45.5 Å². The van der Waals surface area contributed by atoms with Gasteiger partial charge >= 0.3 is 6.09 Å². The van der Waals surface area contributed by atoms with Crippen LogP contribution >= 0.6 is 0 Å². The molecule has 1 N–H and O–H groups in total. The molecule has 1 aliphatic heterocycles. The molecule has 22 heavy (non-hydrogen) atoms. The molecule has 0 aromatic carbocycles. The number of carbonyl (C=O) groups excluding carboxylic acids is 1. The summed E-state index contributed by atoms with van der Waals surface area (Å²) in [5.41, 5.74) is 0. The SMILES string of the molecule is CCOC(=O)N1CCN(C(=NC)NCCS(=O)(=O)CC)CC1. The first-order valence-corrected chi connectivity index (χ1v) is 9.33. The van der Waals surface area contributed by atoms with Gasteiger partial charge in [0.1, 0.15) is 0 Å². The van der Waals surface area contributed by atoms with E-state index < -0.39 is 9.84 Å². The number of hydrogen-bond acceptors (Lipinski definition) is 5. The highest BCUT2D eigenvalue weighted by molar-refractivity contribution is 7.91. The van der Waals surface area contributed by atoms with Crippen LogP contribution in [0, 0.1) is 0 Å². The summed E-state index contributed by atoms with van der Waals surface area (Å²) < 4.78 is 27.9. The van der Waals surface area contributed by atoms with Crippen molar-refractivity contribution in [1.29, 1.82) is 0 Å². The number of nitrogens with zero attached hydrogens (tertiary/aromatic N) is 3. The van der Waals surface area contributed by atoms with Gasteiger partial charge in [-0.3, -0.25) is 4.99 Å². The summed E-state index contributed by atoms with van der Waals surface area (Å²) in [5, 5.41) is 3.06. The lowest BCUT2D eigenvalue weighted by atomic mass is 10.3. The smallest absolute Gasteiger partial charge is 0.409 e. The zero-order valence-corrected chi connectivity index (χ0v) is 14.4. The Labute approximate surface area is 132 Å². The van der Waals surface area contributed by atoms with Crippen LogP contribution in [0.25, 0.3) is 0 Å². The minimum atomic E-state index is -2.99. The Balaban J connectivity index is 2.42. The molecule has 0 aromatic rings. The maximum absolute atomic E-state index is 11.6. The van der Waals surface area contributed by atoms with Gasteiger partial charge in [0.2, 0.25) is 0 Å². The molecule has 0 aliphatic carbocycles. The normalized spacial score (nSPS) is 16.6. The molecule has 128 valence electrons. The van der Waals surface area contributed by atoms with Crippen molar-refractivity contribution >= 4 is 21.9 Å². The molecule has 9 heteroatoms. The third-order valence-electron chi connectivity index (χ3n) is 3.45. The summed E-state index contributed by atoms with van der Waals surface area (Å²) in [7, 11) is -1.32. The Bertz CT molecular complexity index is 484. The van der Waals surface area contributed by atoms with Crippen LogP contribution in [0.5, 0.6) is 0 Å². The predicted molar refractivity (Wildman–Crippen MR) is 85.9 cm³/mol. The fourth-order valence-corrected chi connectivity index (χ4v) is 2.81. The van der Waals surface area contributed by atoms with E-state index in [2.05, 4.69) is 10.3 Å². The summed E-state index contributed by atoms with van der Waals surface area (Å²) >= 11 is 0. The van der Waals surface area contributed by atoms with Gasteiger partial charge in [-0.05, 0) is 6.92 Å². The van der Waals surface area contributed by atoms with Crippen LogP contribution in [0.4, 0.5) is 4.79 Å². The molecule has 0 spiro atoms. The van der Waals surface area contributed by atoms with Gasteiger partial charge in [0.05, 0.1) is 12.4 Å². The third kappa shape index (κ3) is 5.70. The number of aliphatic imine (C=N–C) groups is 1. The van der Waals surface area contributed by atoms with Gasteiger partial charge < -0.3 is 19.9 Å². The average molecular weight is 334 g/mol. The van der Waals surface area contributed by atoms with E-state index in [4.69, 9.17) is 4.74 Å². The monoisotopic (exact) mass is 334 g/mol. The van der Waals surface area contributed by atoms with Crippen molar-refractivity contribution < 1.29 is 17.9 Å². The highest BCUT2D eigenvalue weighted by Crippen LogP contribution is 2.04. The second-order valence-corrected chi connectivity index (χ2v) is 7.36. The van der Waals surface area contributed by atoms with Crippen LogP contribution in [-0.2, 0) is 14.6 Å². The number of amides is 1. The minimum absolute atomic E-state index is 0.0886. The Hall–Kier alpha value is -1.51. The Morgan fingerprint density at radius 2 is 1.77 bits per heavy atom. The number of ether oxygens (including phenoxy) is 1. The maximum Gasteiger partial charge on any atom is 0.409 e. The molecule has 1 fully saturated rings. The second kappa shape index (κ2) is 8.82. The van der Waals surface area contributed by atoms with Gasteiger partial charge in [-0.1, -0.05) is 6.92 Å². The molecule has 8 nitrogen and oxygen atoms in total. The molecule has 0 bridgehead atoms. The van der Waals surface area contributed by atoms with E-state index in [1.54, 1.807) is 25.8 Å². The molecule has 1 amide bonds. The number of nitrogens with one attached hydrogen (secondary N) is 1. The standard InChI is InChI=1S/C13H26N4O4S/c1-4-21-13(18)17-9-7-16(8-10-17)12(14-3)15-6-11-22(19,20)5-2/h4-11H2,1-3H3,(H,14,15). The summed E-state index contributed by atoms with van der Waals surface area (Å²) in [4.78, 5) is 19.5. The lowest BCUT2D eigenvalue weighted by Crippen LogP contribution is -2.54. The topological polar surface area (TPSA) is 91.3 Å². The number of sulfone groups is 1. The van der Waals surface area contributed by atoms with E-state index in [9.17, 15) is 13.2 Å². The predicted octanol–water partition coefficient (Wildman–Crippen LogP) is -0.229. The summed E-state index contributed by atoms with van der Waals surface area (Å²) in [6.07, 6.45) is -0.292. The molecule has 0 radical (unpaired) electrons. The van der Waals surface area contributed by atoms with Crippen molar-refractivity contribution in [3.05, 3.63) is 0 Å². The lowest BCUT2D eigenvalue weighted by molar-refractivity contribution is 0.0915.